The van der Waals surface area contributed by atoms with E-state index in [1.807, 2.05) is 6.07 Å². The first kappa shape index (κ1) is 18.7. The number of aromatic amines is 1. The van der Waals surface area contributed by atoms with Gasteiger partial charge in [-0.1, -0.05) is 17.7 Å². The molecule has 0 radical (unpaired) electrons. The van der Waals surface area contributed by atoms with Gasteiger partial charge in [-0.3, -0.25) is 14.7 Å². The third-order valence-corrected chi connectivity index (χ3v) is 4.89. The van der Waals surface area contributed by atoms with Crippen molar-refractivity contribution in [3.63, 3.8) is 0 Å². The minimum Gasteiger partial charge on any atom is -0.339 e. The topological polar surface area (TPSA) is 90.1 Å². The molecule has 0 spiro atoms. The van der Waals surface area contributed by atoms with Crippen molar-refractivity contribution in [2.75, 3.05) is 18.0 Å². The monoisotopic (exact) mass is 395 g/mol. The van der Waals surface area contributed by atoms with Crippen LogP contribution < -0.4 is 15.5 Å². The molecule has 3 N–H and O–H groups in total. The summed E-state index contributed by atoms with van der Waals surface area (Å²) in [7, 11) is 0. The van der Waals surface area contributed by atoms with Crippen molar-refractivity contribution in [3.8, 4) is 0 Å². The number of carbonyl (C=O) groups excluding carboxylic acids is 2. The van der Waals surface area contributed by atoms with Crippen LogP contribution in [0.4, 0.5) is 5.69 Å². The Balaban J connectivity index is 0.00000196. The van der Waals surface area contributed by atoms with Gasteiger partial charge in [-0.05, 0) is 24.6 Å². The third kappa shape index (κ3) is 3.42. The Morgan fingerprint density at radius 2 is 2.23 bits per heavy atom. The van der Waals surface area contributed by atoms with Crippen LogP contribution >= 0.6 is 24.0 Å². The standard InChI is InChI=1S/C17H18ClN5O2.ClH/c18-10-2-1-3-11(8-10)23-7-5-14(17(23)25)20-16(24)15-12-9-19-6-4-13(12)21-22-15;/h1-3,8,14,19H,4-7,9H2,(H,20,24)(H,21,22);1H. The third-order valence-electron chi connectivity index (χ3n) is 4.65. The van der Waals surface area contributed by atoms with E-state index in [4.69, 9.17) is 11.6 Å². The molecule has 26 heavy (non-hydrogen) atoms. The van der Waals surface area contributed by atoms with Crippen molar-refractivity contribution in [3.05, 3.63) is 46.2 Å². The first-order valence-corrected chi connectivity index (χ1v) is 8.66. The lowest BCUT2D eigenvalue weighted by Crippen LogP contribution is -2.42. The number of hydrogen-bond donors (Lipinski definition) is 3. The van der Waals surface area contributed by atoms with Gasteiger partial charge in [0.05, 0.1) is 0 Å². The Labute approximate surface area is 161 Å². The van der Waals surface area contributed by atoms with E-state index in [0.717, 1.165) is 29.9 Å². The lowest BCUT2D eigenvalue weighted by atomic mass is 10.1. The maximum atomic E-state index is 12.6. The van der Waals surface area contributed by atoms with Gasteiger partial charge in [0.25, 0.3) is 5.91 Å². The van der Waals surface area contributed by atoms with Gasteiger partial charge >= 0.3 is 0 Å². The Morgan fingerprint density at radius 1 is 1.38 bits per heavy atom. The zero-order valence-electron chi connectivity index (χ0n) is 13.9. The molecule has 2 amide bonds. The summed E-state index contributed by atoms with van der Waals surface area (Å²) in [4.78, 5) is 26.9. The van der Waals surface area contributed by atoms with Crippen LogP contribution in [0.25, 0.3) is 0 Å². The predicted molar refractivity (Wildman–Crippen MR) is 101 cm³/mol. The zero-order valence-corrected chi connectivity index (χ0v) is 15.5. The van der Waals surface area contributed by atoms with Gasteiger partial charge in [0.1, 0.15) is 6.04 Å². The van der Waals surface area contributed by atoms with E-state index in [9.17, 15) is 9.59 Å². The second kappa shape index (κ2) is 7.65. The molecule has 1 aromatic carbocycles. The Morgan fingerprint density at radius 3 is 3.04 bits per heavy atom. The summed E-state index contributed by atoms with van der Waals surface area (Å²) >= 11 is 6.00. The first-order chi connectivity index (χ1) is 12.1. The van der Waals surface area contributed by atoms with E-state index in [1.165, 1.54) is 0 Å². The number of carbonyl (C=O) groups is 2. The second-order valence-electron chi connectivity index (χ2n) is 6.24. The fraction of sp³-hybridized carbons (Fsp3) is 0.353. The van der Waals surface area contributed by atoms with Crippen LogP contribution in [0.3, 0.4) is 0 Å². The molecule has 1 atom stereocenters. The van der Waals surface area contributed by atoms with Crippen molar-refractivity contribution in [1.29, 1.82) is 0 Å². The summed E-state index contributed by atoms with van der Waals surface area (Å²) in [6.45, 7) is 2.03. The van der Waals surface area contributed by atoms with Crippen LogP contribution in [-0.2, 0) is 17.8 Å². The fourth-order valence-corrected chi connectivity index (χ4v) is 3.54. The number of nitrogens with one attached hydrogen (secondary N) is 3. The molecule has 138 valence electrons. The molecule has 0 bridgehead atoms. The summed E-state index contributed by atoms with van der Waals surface area (Å²) < 4.78 is 0. The maximum Gasteiger partial charge on any atom is 0.272 e. The number of benzene rings is 1. The number of hydrogen-bond acceptors (Lipinski definition) is 4. The van der Waals surface area contributed by atoms with E-state index in [1.54, 1.807) is 23.1 Å². The quantitative estimate of drug-likeness (QED) is 0.736. The van der Waals surface area contributed by atoms with Gasteiger partial charge in [-0.2, -0.15) is 5.10 Å². The highest BCUT2D eigenvalue weighted by Crippen LogP contribution is 2.25. The van der Waals surface area contributed by atoms with Gasteiger partial charge in [-0.15, -0.1) is 12.4 Å². The van der Waals surface area contributed by atoms with Gasteiger partial charge in [-0.25, -0.2) is 0 Å². The average molecular weight is 396 g/mol. The summed E-state index contributed by atoms with van der Waals surface area (Å²) in [5, 5.41) is 13.7. The SMILES string of the molecule is Cl.O=C(NC1CCN(c2cccc(Cl)c2)C1=O)c1n[nH]c2c1CNCC2. The number of anilines is 1. The molecule has 1 unspecified atom stereocenters. The molecule has 4 rings (SSSR count). The Bertz CT molecular complexity index is 838. The molecule has 3 heterocycles. The number of nitrogens with zero attached hydrogens (tertiary/aromatic N) is 2. The fourth-order valence-electron chi connectivity index (χ4n) is 3.35. The number of amides is 2. The van der Waals surface area contributed by atoms with Crippen molar-refractivity contribution in [1.82, 2.24) is 20.8 Å². The first-order valence-electron chi connectivity index (χ1n) is 8.28. The number of halogens is 2. The van der Waals surface area contributed by atoms with E-state index < -0.39 is 6.04 Å². The normalized spacial score (nSPS) is 19.0. The number of H-pyrrole nitrogens is 1. The van der Waals surface area contributed by atoms with Crippen LogP contribution in [-0.4, -0.2) is 41.1 Å². The molecule has 2 aromatic rings. The van der Waals surface area contributed by atoms with E-state index in [2.05, 4.69) is 20.8 Å². The second-order valence-corrected chi connectivity index (χ2v) is 6.68. The number of aromatic nitrogens is 2. The highest BCUT2D eigenvalue weighted by atomic mass is 35.5. The number of rotatable bonds is 3. The van der Waals surface area contributed by atoms with E-state index >= 15 is 0 Å². The Kier molecular flexibility index (Phi) is 5.50. The summed E-state index contributed by atoms with van der Waals surface area (Å²) in [6, 6.07) is 6.61. The lowest BCUT2D eigenvalue weighted by Gasteiger charge is -2.17. The highest BCUT2D eigenvalue weighted by molar-refractivity contribution is 6.31. The molecule has 1 aromatic heterocycles. The molecule has 2 aliphatic heterocycles. The number of fused-ring (bicyclic) bond motifs is 1. The molecule has 0 saturated carbocycles. The van der Waals surface area contributed by atoms with Crippen LogP contribution in [0.15, 0.2) is 24.3 Å². The minimum absolute atomic E-state index is 0. The van der Waals surface area contributed by atoms with Gasteiger partial charge in [0.15, 0.2) is 5.69 Å². The lowest BCUT2D eigenvalue weighted by molar-refractivity contribution is -0.118. The average Bonchev–Trinajstić information content (AvgIpc) is 3.19. The molecular weight excluding hydrogens is 377 g/mol. The molecule has 7 nitrogen and oxygen atoms in total. The predicted octanol–water partition coefficient (Wildman–Crippen LogP) is 1.67. The smallest absolute Gasteiger partial charge is 0.272 e. The Hall–Kier alpha value is -2.09. The summed E-state index contributed by atoms with van der Waals surface area (Å²) in [5.74, 6) is -0.439. The highest BCUT2D eigenvalue weighted by Gasteiger charge is 2.35. The molecular formula is C17H19Cl2N5O2. The molecule has 1 saturated heterocycles. The molecule has 0 aliphatic carbocycles. The van der Waals surface area contributed by atoms with E-state index in [-0.39, 0.29) is 24.2 Å². The maximum absolute atomic E-state index is 12.6. The van der Waals surface area contributed by atoms with Crippen LogP contribution in [0.1, 0.15) is 28.2 Å². The van der Waals surface area contributed by atoms with Gasteiger partial charge in [0, 0.05) is 48.0 Å². The largest absolute Gasteiger partial charge is 0.339 e. The summed E-state index contributed by atoms with van der Waals surface area (Å²) in [5.41, 5.74) is 3.00. The van der Waals surface area contributed by atoms with Crippen LogP contribution in [0, 0.1) is 0 Å². The minimum atomic E-state index is -0.546. The van der Waals surface area contributed by atoms with Gasteiger partial charge < -0.3 is 15.5 Å². The van der Waals surface area contributed by atoms with Crippen molar-refractivity contribution in [2.24, 2.45) is 0 Å². The van der Waals surface area contributed by atoms with Crippen LogP contribution in [0.5, 0.6) is 0 Å². The van der Waals surface area contributed by atoms with Crippen molar-refractivity contribution in [2.45, 2.75) is 25.4 Å². The van der Waals surface area contributed by atoms with Crippen LogP contribution in [0.2, 0.25) is 5.02 Å². The van der Waals surface area contributed by atoms with Gasteiger partial charge in [0.2, 0.25) is 5.91 Å². The molecule has 9 heteroatoms. The van der Waals surface area contributed by atoms with E-state index in [0.29, 0.717) is 30.2 Å². The van der Waals surface area contributed by atoms with Crippen molar-refractivity contribution >= 4 is 41.5 Å². The molecule has 2 aliphatic rings. The zero-order chi connectivity index (χ0) is 17.4. The van der Waals surface area contributed by atoms with Crippen molar-refractivity contribution < 1.29 is 9.59 Å². The molecule has 1 fully saturated rings. The summed E-state index contributed by atoms with van der Waals surface area (Å²) in [6.07, 6.45) is 1.38.